The maximum atomic E-state index is 12.3. The van der Waals surface area contributed by atoms with E-state index in [1.165, 1.54) is 24.0 Å². The minimum Gasteiger partial charge on any atom is -0.399 e. The normalized spacial score (nSPS) is 39.0. The average molecular weight is 269 g/mol. The van der Waals surface area contributed by atoms with Gasteiger partial charge in [-0.1, -0.05) is 13.0 Å². The van der Waals surface area contributed by atoms with Gasteiger partial charge >= 0.3 is 0 Å². The van der Waals surface area contributed by atoms with Gasteiger partial charge in [0.15, 0.2) is 0 Å². The molecule has 20 heavy (non-hydrogen) atoms. The molecule has 0 saturated heterocycles. The summed E-state index contributed by atoms with van der Waals surface area (Å²) in [5.74, 6) is 2.54. The third kappa shape index (κ3) is 1.54. The van der Waals surface area contributed by atoms with Crippen LogP contribution in [-0.2, 0) is 11.2 Å². The lowest BCUT2D eigenvalue weighted by Gasteiger charge is -2.48. The van der Waals surface area contributed by atoms with Crippen LogP contribution in [0.2, 0.25) is 0 Å². The Kier molecular flexibility index (Phi) is 2.55. The quantitative estimate of drug-likeness (QED) is 0.730. The van der Waals surface area contributed by atoms with Gasteiger partial charge in [0.25, 0.3) is 0 Å². The molecule has 0 amide bonds. The molecule has 2 nitrogen and oxygen atoms in total. The van der Waals surface area contributed by atoms with Crippen molar-refractivity contribution in [1.29, 1.82) is 0 Å². The molecule has 106 valence electrons. The molecule has 2 N–H and O–H groups in total. The smallest absolute Gasteiger partial charge is 0.139 e. The van der Waals surface area contributed by atoms with Gasteiger partial charge in [-0.05, 0) is 73.1 Å². The van der Waals surface area contributed by atoms with Crippen LogP contribution in [0.5, 0.6) is 0 Å². The van der Waals surface area contributed by atoms with Crippen molar-refractivity contribution in [2.75, 3.05) is 5.73 Å². The number of aryl methyl sites for hydroxylation is 1. The Balaban J connectivity index is 1.73. The lowest BCUT2D eigenvalue weighted by atomic mass is 9.55. The number of anilines is 1. The van der Waals surface area contributed by atoms with Crippen molar-refractivity contribution < 1.29 is 4.79 Å². The van der Waals surface area contributed by atoms with Crippen molar-refractivity contribution in [2.45, 2.75) is 51.4 Å². The first-order chi connectivity index (χ1) is 9.59. The zero-order valence-electron chi connectivity index (χ0n) is 12.2. The van der Waals surface area contributed by atoms with Crippen LogP contribution >= 0.6 is 0 Å². The summed E-state index contributed by atoms with van der Waals surface area (Å²) in [7, 11) is 0. The summed E-state index contributed by atoms with van der Waals surface area (Å²) in [5, 5.41) is 0. The standard InChI is InChI=1S/C18H23NO/c1-18-9-8-14-13-5-3-12(19)10-11(13)2-4-15(14)16(18)6-7-17(18)20/h3,5,10,14-16H,2,4,6-9,19H2,1H3/t14-,15+,16-,18+/m1/s1. The summed E-state index contributed by atoms with van der Waals surface area (Å²) in [5.41, 5.74) is 9.79. The van der Waals surface area contributed by atoms with E-state index in [4.69, 9.17) is 5.73 Å². The van der Waals surface area contributed by atoms with Crippen LogP contribution < -0.4 is 5.73 Å². The molecule has 4 atom stereocenters. The van der Waals surface area contributed by atoms with Crippen LogP contribution in [0.3, 0.4) is 0 Å². The Labute approximate surface area is 120 Å². The molecule has 4 rings (SSSR count). The first-order valence-corrected chi connectivity index (χ1v) is 8.01. The molecule has 2 heteroatoms. The van der Waals surface area contributed by atoms with E-state index in [2.05, 4.69) is 25.1 Å². The number of rotatable bonds is 0. The maximum absolute atomic E-state index is 12.3. The Morgan fingerprint density at radius 3 is 2.90 bits per heavy atom. The van der Waals surface area contributed by atoms with Gasteiger partial charge in [-0.15, -0.1) is 0 Å². The predicted molar refractivity (Wildman–Crippen MR) is 80.5 cm³/mol. The van der Waals surface area contributed by atoms with Gasteiger partial charge in [-0.3, -0.25) is 4.79 Å². The molecule has 3 aliphatic rings. The fourth-order valence-corrected chi connectivity index (χ4v) is 5.37. The number of nitrogens with two attached hydrogens (primary N) is 1. The molecule has 0 spiro atoms. The van der Waals surface area contributed by atoms with E-state index in [-0.39, 0.29) is 5.41 Å². The molecule has 2 fully saturated rings. The van der Waals surface area contributed by atoms with Crippen molar-refractivity contribution in [1.82, 2.24) is 0 Å². The van der Waals surface area contributed by atoms with Crippen molar-refractivity contribution in [3.63, 3.8) is 0 Å². The molecule has 0 aromatic heterocycles. The third-order valence-electron chi connectivity index (χ3n) is 6.46. The van der Waals surface area contributed by atoms with Crippen molar-refractivity contribution in [3.8, 4) is 0 Å². The Hall–Kier alpha value is -1.31. The highest BCUT2D eigenvalue weighted by Crippen LogP contribution is 2.59. The second-order valence-electron chi connectivity index (χ2n) is 7.29. The van der Waals surface area contributed by atoms with Crippen LogP contribution in [0.4, 0.5) is 5.69 Å². The van der Waals surface area contributed by atoms with Gasteiger partial charge in [0.2, 0.25) is 0 Å². The molecule has 0 radical (unpaired) electrons. The molecule has 3 aliphatic carbocycles. The van der Waals surface area contributed by atoms with Crippen LogP contribution in [0.25, 0.3) is 0 Å². The van der Waals surface area contributed by atoms with Gasteiger partial charge in [-0.2, -0.15) is 0 Å². The topological polar surface area (TPSA) is 43.1 Å². The highest BCUT2D eigenvalue weighted by Gasteiger charge is 2.54. The summed E-state index contributed by atoms with van der Waals surface area (Å²) in [6.07, 6.45) is 6.60. The van der Waals surface area contributed by atoms with Gasteiger partial charge in [-0.25, -0.2) is 0 Å². The summed E-state index contributed by atoms with van der Waals surface area (Å²) < 4.78 is 0. The molecule has 0 bridgehead atoms. The van der Waals surface area contributed by atoms with Gasteiger partial charge in [0, 0.05) is 17.5 Å². The Bertz CT molecular complexity index is 579. The number of Topliss-reactive ketones (excluding diaryl/α,β-unsaturated/α-hetero) is 1. The molecule has 1 aromatic carbocycles. The summed E-state index contributed by atoms with van der Waals surface area (Å²) >= 11 is 0. The van der Waals surface area contributed by atoms with Gasteiger partial charge in [0.05, 0.1) is 0 Å². The van der Waals surface area contributed by atoms with E-state index in [1.807, 2.05) is 0 Å². The highest BCUT2D eigenvalue weighted by atomic mass is 16.1. The number of carbonyl (C=O) groups excluding carboxylic acids is 1. The van der Waals surface area contributed by atoms with Crippen LogP contribution in [0.1, 0.15) is 56.1 Å². The number of nitrogen functional groups attached to an aromatic ring is 1. The lowest BCUT2D eigenvalue weighted by molar-refractivity contribution is -0.129. The highest BCUT2D eigenvalue weighted by molar-refractivity contribution is 5.87. The van der Waals surface area contributed by atoms with Crippen molar-refractivity contribution >= 4 is 11.5 Å². The van der Waals surface area contributed by atoms with E-state index >= 15 is 0 Å². The number of hydrogen-bond donors (Lipinski definition) is 1. The summed E-state index contributed by atoms with van der Waals surface area (Å²) in [6.45, 7) is 2.24. The molecule has 0 unspecified atom stereocenters. The maximum Gasteiger partial charge on any atom is 0.139 e. The van der Waals surface area contributed by atoms with E-state index in [0.717, 1.165) is 37.3 Å². The fraction of sp³-hybridized carbons (Fsp3) is 0.611. The van der Waals surface area contributed by atoms with E-state index in [1.54, 1.807) is 0 Å². The average Bonchev–Trinajstić information content (AvgIpc) is 2.74. The first kappa shape index (κ1) is 12.4. The van der Waals surface area contributed by atoms with Crippen LogP contribution in [0, 0.1) is 17.3 Å². The Morgan fingerprint density at radius 1 is 1.20 bits per heavy atom. The number of hydrogen-bond acceptors (Lipinski definition) is 2. The number of benzene rings is 1. The minimum atomic E-state index is -0.00746. The number of carbonyl (C=O) groups is 1. The number of ketones is 1. The second-order valence-corrected chi connectivity index (χ2v) is 7.29. The monoisotopic (exact) mass is 269 g/mol. The van der Waals surface area contributed by atoms with E-state index in [0.29, 0.717) is 17.6 Å². The summed E-state index contributed by atoms with van der Waals surface area (Å²) in [6, 6.07) is 6.47. The van der Waals surface area contributed by atoms with Crippen molar-refractivity contribution in [3.05, 3.63) is 29.3 Å². The van der Waals surface area contributed by atoms with Gasteiger partial charge < -0.3 is 5.73 Å². The SMILES string of the molecule is C[C@]12CC[C@@H]3c4ccc(N)cc4CC[C@@H]3[C@H]1CCC2=O. The summed E-state index contributed by atoms with van der Waals surface area (Å²) in [4.78, 5) is 12.3. The molecule has 1 aromatic rings. The van der Waals surface area contributed by atoms with E-state index in [9.17, 15) is 4.79 Å². The largest absolute Gasteiger partial charge is 0.399 e. The van der Waals surface area contributed by atoms with Crippen LogP contribution in [-0.4, -0.2) is 5.78 Å². The van der Waals surface area contributed by atoms with Crippen LogP contribution in [0.15, 0.2) is 18.2 Å². The third-order valence-corrected chi connectivity index (χ3v) is 6.46. The molecule has 0 aliphatic heterocycles. The first-order valence-electron chi connectivity index (χ1n) is 8.01. The zero-order chi connectivity index (χ0) is 13.9. The molecule has 2 saturated carbocycles. The van der Waals surface area contributed by atoms with E-state index < -0.39 is 0 Å². The molecular weight excluding hydrogens is 246 g/mol. The number of fused-ring (bicyclic) bond motifs is 5. The zero-order valence-corrected chi connectivity index (χ0v) is 12.2. The Morgan fingerprint density at radius 2 is 2.05 bits per heavy atom. The molecular formula is C18H23NO. The lowest BCUT2D eigenvalue weighted by Crippen LogP contribution is -2.42. The fourth-order valence-electron chi connectivity index (χ4n) is 5.37. The second kappa shape index (κ2) is 4.09. The predicted octanol–water partition coefficient (Wildman–Crippen LogP) is 3.69. The van der Waals surface area contributed by atoms with Crippen molar-refractivity contribution in [2.24, 2.45) is 17.3 Å². The van der Waals surface area contributed by atoms with Gasteiger partial charge in [0.1, 0.15) is 5.78 Å². The molecule has 0 heterocycles. The minimum absolute atomic E-state index is 0.00746.